The molecule has 144 valence electrons. The average molecular weight is 376 g/mol. The van der Waals surface area contributed by atoms with Gasteiger partial charge in [-0.15, -0.1) is 0 Å². The number of amidine groups is 1. The third kappa shape index (κ3) is 3.98. The lowest BCUT2D eigenvalue weighted by molar-refractivity contribution is 0.618. The number of nitrogens with one attached hydrogen (secondary N) is 3. The molecule has 0 saturated carbocycles. The largest absolute Gasteiger partial charge is 0.388 e. The molecule has 0 unspecified atom stereocenters. The van der Waals surface area contributed by atoms with Gasteiger partial charge in [-0.05, 0) is 60.9 Å². The number of halogens is 1. The van der Waals surface area contributed by atoms with Crippen LogP contribution in [0.5, 0.6) is 0 Å². The van der Waals surface area contributed by atoms with Crippen LogP contribution >= 0.6 is 0 Å². The molecule has 0 radical (unpaired) electrons. The molecule has 2 aromatic rings. The molecule has 5 N–H and O–H groups in total. The van der Waals surface area contributed by atoms with E-state index in [1.165, 1.54) is 11.6 Å². The Balaban J connectivity index is 2.23. The maximum absolute atomic E-state index is 13.8. The Bertz CT molecular complexity index is 1020. The molecule has 5 heteroatoms. The van der Waals surface area contributed by atoms with Crippen molar-refractivity contribution >= 4 is 22.8 Å². The zero-order chi connectivity index (χ0) is 20.3. The van der Waals surface area contributed by atoms with E-state index in [1.54, 1.807) is 20.0 Å². The van der Waals surface area contributed by atoms with Crippen LogP contribution in [0.1, 0.15) is 29.2 Å². The summed E-state index contributed by atoms with van der Waals surface area (Å²) in [4.78, 5) is 0. The van der Waals surface area contributed by atoms with E-state index in [1.807, 2.05) is 36.4 Å². The quantitative estimate of drug-likeness (QED) is 0.471. The highest BCUT2D eigenvalue weighted by atomic mass is 19.1. The predicted molar refractivity (Wildman–Crippen MR) is 116 cm³/mol. The fourth-order valence-electron chi connectivity index (χ4n) is 3.22. The van der Waals surface area contributed by atoms with Gasteiger partial charge < -0.3 is 16.4 Å². The minimum Gasteiger partial charge on any atom is -0.388 e. The number of nitrogens with two attached hydrogens (primary N) is 1. The molecule has 0 atom stereocenters. The Labute approximate surface area is 165 Å². The maximum Gasteiger partial charge on any atom is 0.126 e. The SMILES string of the molecule is CNc1ccc(C2=C(c3ccc(F)c(C)c3)NC/C(C)=C/C=C2)cc1C(=N)N. The fraction of sp³-hybridized carbons (Fsp3) is 0.174. The van der Waals surface area contributed by atoms with E-state index in [9.17, 15) is 4.39 Å². The molecule has 2 aromatic carbocycles. The Morgan fingerprint density at radius 1 is 1.14 bits per heavy atom. The standard InChI is InChI=1S/C23H25FN4/c1-14-5-4-6-18(16-8-10-21(27-3)19(12-16)23(25)26)22(28-13-14)17-7-9-20(24)15(2)11-17/h4-12,27-28H,13H2,1-3H3,(H3,25,26)/b6-4?,14-5+,22-18?. The normalized spacial score (nSPS) is 15.9. The molecular formula is C23H25FN4. The van der Waals surface area contributed by atoms with Gasteiger partial charge in [-0.2, -0.15) is 0 Å². The van der Waals surface area contributed by atoms with Gasteiger partial charge in [-0.1, -0.05) is 29.9 Å². The van der Waals surface area contributed by atoms with Crippen LogP contribution in [0, 0.1) is 18.2 Å². The van der Waals surface area contributed by atoms with E-state index in [0.29, 0.717) is 17.7 Å². The maximum atomic E-state index is 13.8. The average Bonchev–Trinajstić information content (AvgIpc) is 2.66. The number of anilines is 1. The van der Waals surface area contributed by atoms with Gasteiger partial charge in [0, 0.05) is 36.1 Å². The number of benzene rings is 2. The summed E-state index contributed by atoms with van der Waals surface area (Å²) >= 11 is 0. The fourth-order valence-corrected chi connectivity index (χ4v) is 3.22. The molecule has 0 spiro atoms. The summed E-state index contributed by atoms with van der Waals surface area (Å²) in [6.45, 7) is 4.51. The molecule has 0 bridgehead atoms. The van der Waals surface area contributed by atoms with Gasteiger partial charge in [0.05, 0.1) is 0 Å². The number of allylic oxidation sites excluding steroid dienone is 4. The van der Waals surface area contributed by atoms with Gasteiger partial charge in [0.15, 0.2) is 0 Å². The lowest BCUT2D eigenvalue weighted by Crippen LogP contribution is -2.18. The van der Waals surface area contributed by atoms with Crippen molar-refractivity contribution < 1.29 is 4.39 Å². The molecular weight excluding hydrogens is 351 g/mol. The molecule has 1 aliphatic rings. The smallest absolute Gasteiger partial charge is 0.126 e. The molecule has 1 aliphatic heterocycles. The minimum absolute atomic E-state index is 0.00417. The molecule has 4 nitrogen and oxygen atoms in total. The third-order valence-electron chi connectivity index (χ3n) is 4.79. The Morgan fingerprint density at radius 2 is 1.89 bits per heavy atom. The highest BCUT2D eigenvalue weighted by Crippen LogP contribution is 2.30. The second kappa shape index (κ2) is 8.13. The van der Waals surface area contributed by atoms with Crippen molar-refractivity contribution in [1.29, 1.82) is 5.41 Å². The van der Waals surface area contributed by atoms with Crippen molar-refractivity contribution in [3.8, 4) is 0 Å². The van der Waals surface area contributed by atoms with Crippen molar-refractivity contribution in [2.75, 3.05) is 18.9 Å². The Morgan fingerprint density at radius 3 is 2.57 bits per heavy atom. The van der Waals surface area contributed by atoms with E-state index in [2.05, 4.69) is 23.6 Å². The van der Waals surface area contributed by atoms with E-state index in [-0.39, 0.29) is 11.7 Å². The van der Waals surface area contributed by atoms with Gasteiger partial charge in [0.25, 0.3) is 0 Å². The van der Waals surface area contributed by atoms with E-state index in [4.69, 9.17) is 11.1 Å². The summed E-state index contributed by atoms with van der Waals surface area (Å²) in [7, 11) is 1.80. The van der Waals surface area contributed by atoms with E-state index < -0.39 is 0 Å². The van der Waals surface area contributed by atoms with Crippen LogP contribution < -0.4 is 16.4 Å². The van der Waals surface area contributed by atoms with Gasteiger partial charge in [-0.3, -0.25) is 5.41 Å². The molecule has 0 amide bonds. The first-order chi connectivity index (χ1) is 13.4. The van der Waals surface area contributed by atoms with Crippen LogP contribution in [-0.2, 0) is 0 Å². The van der Waals surface area contributed by atoms with Crippen molar-refractivity contribution in [1.82, 2.24) is 5.32 Å². The molecule has 0 aromatic heterocycles. The van der Waals surface area contributed by atoms with Gasteiger partial charge in [-0.25, -0.2) is 4.39 Å². The summed E-state index contributed by atoms with van der Waals surface area (Å²) in [5.41, 5.74) is 12.7. The first kappa shape index (κ1) is 19.4. The van der Waals surface area contributed by atoms with Crippen molar-refractivity contribution in [2.24, 2.45) is 5.73 Å². The van der Waals surface area contributed by atoms with Crippen LogP contribution in [0.2, 0.25) is 0 Å². The number of nitrogen functional groups attached to an aromatic ring is 1. The first-order valence-electron chi connectivity index (χ1n) is 9.15. The van der Waals surface area contributed by atoms with Crippen LogP contribution in [-0.4, -0.2) is 19.4 Å². The molecule has 0 fully saturated rings. The van der Waals surface area contributed by atoms with Gasteiger partial charge in [0.2, 0.25) is 0 Å². The molecule has 0 aliphatic carbocycles. The molecule has 1 heterocycles. The van der Waals surface area contributed by atoms with Crippen LogP contribution in [0.3, 0.4) is 0 Å². The van der Waals surface area contributed by atoms with Crippen molar-refractivity contribution in [2.45, 2.75) is 13.8 Å². The first-order valence-corrected chi connectivity index (χ1v) is 9.15. The monoisotopic (exact) mass is 376 g/mol. The lowest BCUT2D eigenvalue weighted by atomic mass is 9.94. The van der Waals surface area contributed by atoms with E-state index in [0.717, 1.165) is 28.1 Å². The zero-order valence-electron chi connectivity index (χ0n) is 16.4. The zero-order valence-corrected chi connectivity index (χ0v) is 16.4. The summed E-state index contributed by atoms with van der Waals surface area (Å²) in [5.74, 6) is -0.217. The third-order valence-corrected chi connectivity index (χ3v) is 4.79. The van der Waals surface area contributed by atoms with Gasteiger partial charge in [0.1, 0.15) is 11.7 Å². The highest BCUT2D eigenvalue weighted by Gasteiger charge is 2.15. The number of hydrogen-bond acceptors (Lipinski definition) is 3. The second-order valence-corrected chi connectivity index (χ2v) is 6.90. The summed E-state index contributed by atoms with van der Waals surface area (Å²) in [6, 6.07) is 10.9. The van der Waals surface area contributed by atoms with Crippen LogP contribution in [0.25, 0.3) is 11.3 Å². The Kier molecular flexibility index (Phi) is 5.64. The topological polar surface area (TPSA) is 73.9 Å². The van der Waals surface area contributed by atoms with Crippen LogP contribution in [0.15, 0.2) is 60.2 Å². The Hall–Kier alpha value is -3.34. The molecule has 3 rings (SSSR count). The number of rotatable bonds is 4. The van der Waals surface area contributed by atoms with E-state index >= 15 is 0 Å². The summed E-state index contributed by atoms with van der Waals surface area (Å²) in [5, 5.41) is 14.5. The summed E-state index contributed by atoms with van der Waals surface area (Å²) < 4.78 is 13.8. The summed E-state index contributed by atoms with van der Waals surface area (Å²) in [6.07, 6.45) is 6.11. The molecule has 28 heavy (non-hydrogen) atoms. The van der Waals surface area contributed by atoms with Crippen LogP contribution in [0.4, 0.5) is 10.1 Å². The lowest BCUT2D eigenvalue weighted by Gasteiger charge is -2.20. The van der Waals surface area contributed by atoms with Crippen molar-refractivity contribution in [3.63, 3.8) is 0 Å². The minimum atomic E-state index is -0.222. The number of hydrogen-bond donors (Lipinski definition) is 4. The predicted octanol–water partition coefficient (Wildman–Crippen LogP) is 4.43. The van der Waals surface area contributed by atoms with Gasteiger partial charge >= 0.3 is 0 Å². The van der Waals surface area contributed by atoms with Crippen molar-refractivity contribution in [3.05, 3.63) is 88.3 Å². The number of aryl methyl sites for hydroxylation is 1. The molecule has 0 saturated heterocycles. The highest BCUT2D eigenvalue weighted by molar-refractivity contribution is 6.03. The second-order valence-electron chi connectivity index (χ2n) is 6.90.